The molecule has 30 heavy (non-hydrogen) atoms. The Morgan fingerprint density at radius 3 is 2.50 bits per heavy atom. The Balaban J connectivity index is 1.77. The summed E-state index contributed by atoms with van der Waals surface area (Å²) in [5.74, 6) is -1.89. The van der Waals surface area contributed by atoms with Gasteiger partial charge in [-0.05, 0) is 61.9 Å². The van der Waals surface area contributed by atoms with Crippen molar-refractivity contribution in [3.05, 3.63) is 83.2 Å². The highest BCUT2D eigenvalue weighted by atomic mass is 19.1. The summed E-state index contributed by atoms with van der Waals surface area (Å²) in [5, 5.41) is 2.18. The lowest BCUT2D eigenvalue weighted by molar-refractivity contribution is -0.122. The van der Waals surface area contributed by atoms with Gasteiger partial charge < -0.3 is 4.57 Å². The van der Waals surface area contributed by atoms with Crippen molar-refractivity contribution in [3.63, 3.8) is 0 Å². The van der Waals surface area contributed by atoms with Crippen LogP contribution in [0.5, 0.6) is 0 Å². The van der Waals surface area contributed by atoms with E-state index in [-0.39, 0.29) is 17.1 Å². The van der Waals surface area contributed by atoms with E-state index in [0.29, 0.717) is 11.3 Å². The molecule has 0 spiro atoms. The zero-order valence-corrected chi connectivity index (χ0v) is 16.2. The number of hydrogen-bond acceptors (Lipinski definition) is 4. The number of amides is 4. The molecule has 1 N–H and O–H groups in total. The summed E-state index contributed by atoms with van der Waals surface area (Å²) in [6.07, 6.45) is 4.31. The number of nitrogens with one attached hydrogen (secondary N) is 1. The van der Waals surface area contributed by atoms with Gasteiger partial charge in [0.1, 0.15) is 11.4 Å². The van der Waals surface area contributed by atoms with Crippen molar-refractivity contribution in [2.24, 2.45) is 0 Å². The van der Waals surface area contributed by atoms with Gasteiger partial charge in [-0.1, -0.05) is 6.07 Å². The largest absolute Gasteiger partial charge is 0.336 e. The highest BCUT2D eigenvalue weighted by Gasteiger charge is 2.37. The van der Waals surface area contributed by atoms with Crippen LogP contribution in [-0.2, 0) is 9.59 Å². The fourth-order valence-corrected chi connectivity index (χ4v) is 3.48. The number of urea groups is 1. The van der Waals surface area contributed by atoms with E-state index in [1.54, 1.807) is 37.3 Å². The number of carbonyl (C=O) groups excluding carboxylic acids is 3. The third-order valence-electron chi connectivity index (χ3n) is 4.84. The SMILES string of the molecule is Cc1cc(/C=C2\C(=O)NC(=O)N(c3cccnc3)C2=O)c(C)n1-c1cccc(F)c1. The lowest BCUT2D eigenvalue weighted by Gasteiger charge is -2.26. The number of pyridine rings is 1. The Kier molecular flexibility index (Phi) is 4.75. The molecule has 3 heterocycles. The summed E-state index contributed by atoms with van der Waals surface area (Å²) in [6.45, 7) is 3.65. The third kappa shape index (κ3) is 3.28. The van der Waals surface area contributed by atoms with Crippen LogP contribution in [0.15, 0.2) is 60.4 Å². The second-order valence-corrected chi connectivity index (χ2v) is 6.81. The molecule has 0 aliphatic carbocycles. The maximum Gasteiger partial charge on any atom is 0.336 e. The van der Waals surface area contributed by atoms with Gasteiger partial charge in [0.25, 0.3) is 11.8 Å². The lowest BCUT2D eigenvalue weighted by Crippen LogP contribution is -2.54. The van der Waals surface area contributed by atoms with Gasteiger partial charge in [0.05, 0.1) is 11.9 Å². The Bertz CT molecular complexity index is 1210. The highest BCUT2D eigenvalue weighted by molar-refractivity contribution is 6.39. The molecule has 4 amide bonds. The standard InChI is InChI=1S/C22H17FN4O3/c1-13-9-15(14(2)26(13)17-6-3-5-16(23)11-17)10-19-20(28)25-22(30)27(21(19)29)18-7-4-8-24-12-18/h3-12H,1-2H3,(H,25,28,30)/b19-10+. The van der Waals surface area contributed by atoms with Crippen LogP contribution in [0.1, 0.15) is 17.0 Å². The molecule has 0 bridgehead atoms. The van der Waals surface area contributed by atoms with E-state index < -0.39 is 17.8 Å². The molecule has 1 aliphatic heterocycles. The minimum absolute atomic E-state index is 0.182. The number of aromatic nitrogens is 2. The second-order valence-electron chi connectivity index (χ2n) is 6.81. The number of benzene rings is 1. The van der Waals surface area contributed by atoms with E-state index in [0.717, 1.165) is 16.3 Å². The van der Waals surface area contributed by atoms with E-state index in [9.17, 15) is 18.8 Å². The average molecular weight is 404 g/mol. The molecule has 0 unspecified atom stereocenters. The van der Waals surface area contributed by atoms with E-state index in [1.165, 1.54) is 30.6 Å². The Morgan fingerprint density at radius 1 is 1.03 bits per heavy atom. The average Bonchev–Trinajstić information content (AvgIpc) is 2.99. The summed E-state index contributed by atoms with van der Waals surface area (Å²) < 4.78 is 15.5. The number of rotatable bonds is 3. The van der Waals surface area contributed by atoms with Crippen LogP contribution in [0, 0.1) is 19.7 Å². The molecule has 0 saturated carbocycles. The van der Waals surface area contributed by atoms with Crippen LogP contribution < -0.4 is 10.2 Å². The first-order chi connectivity index (χ1) is 14.4. The van der Waals surface area contributed by atoms with E-state index in [1.807, 2.05) is 11.5 Å². The van der Waals surface area contributed by atoms with Crippen molar-refractivity contribution in [2.75, 3.05) is 4.90 Å². The molecule has 150 valence electrons. The van der Waals surface area contributed by atoms with Crippen molar-refractivity contribution in [1.82, 2.24) is 14.9 Å². The molecule has 1 aliphatic rings. The monoisotopic (exact) mass is 404 g/mol. The summed E-state index contributed by atoms with van der Waals surface area (Å²) in [4.78, 5) is 42.4. The molecule has 0 atom stereocenters. The predicted octanol–water partition coefficient (Wildman–Crippen LogP) is 3.29. The molecular formula is C22H17FN4O3. The van der Waals surface area contributed by atoms with Gasteiger partial charge >= 0.3 is 6.03 Å². The van der Waals surface area contributed by atoms with Crippen molar-refractivity contribution in [3.8, 4) is 5.69 Å². The highest BCUT2D eigenvalue weighted by Crippen LogP contribution is 2.26. The lowest BCUT2D eigenvalue weighted by atomic mass is 10.1. The van der Waals surface area contributed by atoms with Crippen molar-refractivity contribution in [2.45, 2.75) is 13.8 Å². The molecule has 1 saturated heterocycles. The summed E-state index contributed by atoms with van der Waals surface area (Å²) >= 11 is 0. The Hall–Kier alpha value is -4.07. The second kappa shape index (κ2) is 7.40. The number of hydrogen-bond donors (Lipinski definition) is 1. The van der Waals surface area contributed by atoms with Crippen LogP contribution in [0.3, 0.4) is 0 Å². The van der Waals surface area contributed by atoms with Crippen LogP contribution in [0.25, 0.3) is 11.8 Å². The molecule has 7 nitrogen and oxygen atoms in total. The van der Waals surface area contributed by atoms with Gasteiger partial charge in [-0.2, -0.15) is 0 Å². The fraction of sp³-hybridized carbons (Fsp3) is 0.0909. The van der Waals surface area contributed by atoms with Crippen LogP contribution in [0.4, 0.5) is 14.9 Å². The van der Waals surface area contributed by atoms with Crippen LogP contribution in [0.2, 0.25) is 0 Å². The zero-order valence-electron chi connectivity index (χ0n) is 16.2. The molecule has 4 rings (SSSR count). The molecule has 3 aromatic rings. The maximum atomic E-state index is 13.7. The van der Waals surface area contributed by atoms with Gasteiger partial charge in [0, 0.05) is 23.3 Å². The molecule has 2 aromatic heterocycles. The van der Waals surface area contributed by atoms with E-state index in [2.05, 4.69) is 10.3 Å². The van der Waals surface area contributed by atoms with Gasteiger partial charge in [0.15, 0.2) is 0 Å². The quantitative estimate of drug-likeness (QED) is 0.536. The van der Waals surface area contributed by atoms with E-state index >= 15 is 0 Å². The number of halogens is 1. The number of aryl methyl sites for hydroxylation is 1. The first kappa shape index (κ1) is 19.3. The maximum absolute atomic E-state index is 13.7. The smallest absolute Gasteiger partial charge is 0.318 e. The molecule has 8 heteroatoms. The Labute approximate surface area is 171 Å². The first-order valence-electron chi connectivity index (χ1n) is 9.13. The number of carbonyl (C=O) groups is 3. The fourth-order valence-electron chi connectivity index (χ4n) is 3.48. The normalized spacial score (nSPS) is 15.6. The molecule has 1 aromatic carbocycles. The Morgan fingerprint density at radius 2 is 1.80 bits per heavy atom. The zero-order chi connectivity index (χ0) is 21.4. The number of nitrogens with zero attached hydrogens (tertiary/aromatic N) is 3. The van der Waals surface area contributed by atoms with Gasteiger partial charge in [-0.15, -0.1) is 0 Å². The van der Waals surface area contributed by atoms with Crippen LogP contribution in [-0.4, -0.2) is 27.4 Å². The summed E-state index contributed by atoms with van der Waals surface area (Å²) in [5.41, 5.74) is 2.82. The molecular weight excluding hydrogens is 387 g/mol. The van der Waals surface area contributed by atoms with Crippen molar-refractivity contribution >= 4 is 29.6 Å². The predicted molar refractivity (Wildman–Crippen MR) is 108 cm³/mol. The third-order valence-corrected chi connectivity index (χ3v) is 4.84. The minimum Gasteiger partial charge on any atom is -0.318 e. The van der Waals surface area contributed by atoms with Crippen LogP contribution >= 0.6 is 0 Å². The van der Waals surface area contributed by atoms with Crippen molar-refractivity contribution in [1.29, 1.82) is 0 Å². The first-order valence-corrected chi connectivity index (χ1v) is 9.13. The van der Waals surface area contributed by atoms with Gasteiger partial charge in [0.2, 0.25) is 0 Å². The molecule has 0 radical (unpaired) electrons. The van der Waals surface area contributed by atoms with Gasteiger partial charge in [-0.3, -0.25) is 19.9 Å². The number of barbiturate groups is 1. The number of imide groups is 2. The summed E-state index contributed by atoms with van der Waals surface area (Å²) in [6, 6.07) is 10.2. The topological polar surface area (TPSA) is 84.3 Å². The summed E-state index contributed by atoms with van der Waals surface area (Å²) in [7, 11) is 0. The molecule has 1 fully saturated rings. The van der Waals surface area contributed by atoms with Crippen molar-refractivity contribution < 1.29 is 18.8 Å². The van der Waals surface area contributed by atoms with Gasteiger partial charge in [-0.25, -0.2) is 14.1 Å². The minimum atomic E-state index is -0.833. The van der Waals surface area contributed by atoms with E-state index in [4.69, 9.17) is 0 Å². The number of anilines is 1.